The molecule has 1 saturated heterocycles. The van der Waals surface area contributed by atoms with Crippen molar-refractivity contribution in [3.8, 4) is 0 Å². The first-order chi connectivity index (χ1) is 12.1. The number of carbonyl (C=O) groups is 2. The van der Waals surface area contributed by atoms with Crippen molar-refractivity contribution in [3.05, 3.63) is 34.3 Å². The zero-order valence-electron chi connectivity index (χ0n) is 14.3. The number of amides is 2. The number of aromatic nitrogens is 1. The van der Waals surface area contributed by atoms with Gasteiger partial charge in [0, 0.05) is 22.4 Å². The molecule has 0 atom stereocenters. The van der Waals surface area contributed by atoms with Gasteiger partial charge in [-0.1, -0.05) is 0 Å². The van der Waals surface area contributed by atoms with E-state index in [0.717, 1.165) is 36.5 Å². The molecule has 2 amide bonds. The summed E-state index contributed by atoms with van der Waals surface area (Å²) in [6, 6.07) is 1.80. The van der Waals surface area contributed by atoms with Crippen LogP contribution in [0, 0.1) is 12.8 Å². The van der Waals surface area contributed by atoms with E-state index in [1.54, 1.807) is 23.4 Å². The standard InChI is InChI=1S/C18H20N4O2S/c1-11-16-13(10-25-11)17(23)20-14-9-19-6-3-15(14)22(16)18(24)12-4-7-21(2)8-5-12/h3,6,9-10,12H,4-5,7-8H2,1-2H3,(H,20,23). The maximum atomic E-state index is 13.4. The number of pyridine rings is 1. The normalized spacial score (nSPS) is 18.3. The van der Waals surface area contributed by atoms with Crippen molar-refractivity contribution in [2.75, 3.05) is 30.4 Å². The van der Waals surface area contributed by atoms with Crippen LogP contribution >= 0.6 is 11.3 Å². The van der Waals surface area contributed by atoms with Crippen molar-refractivity contribution >= 4 is 40.2 Å². The van der Waals surface area contributed by atoms with Crippen molar-refractivity contribution in [2.24, 2.45) is 5.92 Å². The number of piperidine rings is 1. The second-order valence-electron chi connectivity index (χ2n) is 6.65. The van der Waals surface area contributed by atoms with E-state index >= 15 is 0 Å². The zero-order valence-corrected chi connectivity index (χ0v) is 15.1. The van der Waals surface area contributed by atoms with Gasteiger partial charge in [0.15, 0.2) is 0 Å². The second kappa shape index (κ2) is 6.24. The molecule has 1 N–H and O–H groups in total. The van der Waals surface area contributed by atoms with Crippen LogP contribution in [0.25, 0.3) is 0 Å². The van der Waals surface area contributed by atoms with Gasteiger partial charge in [0.1, 0.15) is 0 Å². The first-order valence-corrected chi connectivity index (χ1v) is 9.30. The summed E-state index contributed by atoms with van der Waals surface area (Å²) in [6.45, 7) is 3.79. The second-order valence-corrected chi connectivity index (χ2v) is 7.74. The van der Waals surface area contributed by atoms with Crippen molar-refractivity contribution in [3.63, 3.8) is 0 Å². The number of thiophene rings is 1. The van der Waals surface area contributed by atoms with Crippen LogP contribution in [0.2, 0.25) is 0 Å². The largest absolute Gasteiger partial charge is 0.319 e. The quantitative estimate of drug-likeness (QED) is 0.853. The molecule has 130 valence electrons. The highest BCUT2D eigenvalue weighted by Crippen LogP contribution is 2.43. The zero-order chi connectivity index (χ0) is 17.6. The molecule has 4 rings (SSSR count). The van der Waals surface area contributed by atoms with E-state index < -0.39 is 0 Å². The lowest BCUT2D eigenvalue weighted by Gasteiger charge is -2.32. The molecule has 0 aromatic carbocycles. The maximum absolute atomic E-state index is 13.4. The first-order valence-electron chi connectivity index (χ1n) is 8.42. The number of nitrogens with one attached hydrogen (secondary N) is 1. The Morgan fingerprint density at radius 1 is 1.36 bits per heavy atom. The van der Waals surface area contributed by atoms with E-state index in [1.807, 2.05) is 12.3 Å². The fraction of sp³-hybridized carbons (Fsp3) is 0.389. The molecule has 6 nitrogen and oxygen atoms in total. The minimum absolute atomic E-state index is 0.0300. The Morgan fingerprint density at radius 3 is 2.88 bits per heavy atom. The summed E-state index contributed by atoms with van der Waals surface area (Å²) in [5.41, 5.74) is 2.55. The fourth-order valence-corrected chi connectivity index (χ4v) is 4.37. The Hall–Kier alpha value is -2.25. The Kier molecular flexibility index (Phi) is 4.05. The molecular formula is C18H20N4O2S. The van der Waals surface area contributed by atoms with Gasteiger partial charge < -0.3 is 10.2 Å². The predicted molar refractivity (Wildman–Crippen MR) is 98.6 cm³/mol. The first kappa shape index (κ1) is 16.2. The third kappa shape index (κ3) is 2.73. The number of hydrogen-bond acceptors (Lipinski definition) is 5. The molecule has 2 aromatic rings. The number of hydrogen-bond donors (Lipinski definition) is 1. The van der Waals surface area contributed by atoms with Crippen molar-refractivity contribution in [2.45, 2.75) is 19.8 Å². The Labute approximate surface area is 150 Å². The number of aryl methyl sites for hydroxylation is 1. The minimum Gasteiger partial charge on any atom is -0.319 e. The summed E-state index contributed by atoms with van der Waals surface area (Å²) in [6.07, 6.45) is 4.94. The Morgan fingerprint density at radius 2 is 2.12 bits per heavy atom. The van der Waals surface area contributed by atoms with E-state index in [4.69, 9.17) is 0 Å². The number of nitrogens with zero attached hydrogens (tertiary/aromatic N) is 3. The molecule has 1 fully saturated rings. The lowest BCUT2D eigenvalue weighted by Crippen LogP contribution is -2.40. The van der Waals surface area contributed by atoms with E-state index in [2.05, 4.69) is 22.2 Å². The summed E-state index contributed by atoms with van der Waals surface area (Å²) in [7, 11) is 2.08. The molecular weight excluding hydrogens is 336 g/mol. The van der Waals surface area contributed by atoms with Crippen LogP contribution in [-0.2, 0) is 4.79 Å². The van der Waals surface area contributed by atoms with Gasteiger partial charge in [-0.25, -0.2) is 0 Å². The molecule has 2 aromatic heterocycles. The smallest absolute Gasteiger partial charge is 0.258 e. The van der Waals surface area contributed by atoms with Gasteiger partial charge in [-0.15, -0.1) is 11.3 Å². The van der Waals surface area contributed by atoms with Crippen LogP contribution in [-0.4, -0.2) is 41.8 Å². The molecule has 7 heteroatoms. The average molecular weight is 356 g/mol. The van der Waals surface area contributed by atoms with E-state index in [1.165, 1.54) is 11.3 Å². The molecule has 0 spiro atoms. The van der Waals surface area contributed by atoms with Crippen molar-refractivity contribution in [1.82, 2.24) is 9.88 Å². The number of carbonyl (C=O) groups excluding carboxylic acids is 2. The van der Waals surface area contributed by atoms with Crippen LogP contribution in [0.5, 0.6) is 0 Å². The van der Waals surface area contributed by atoms with Gasteiger partial charge in [0.2, 0.25) is 5.91 Å². The summed E-state index contributed by atoms with van der Waals surface area (Å²) in [5.74, 6) is -0.148. The molecule has 2 aliphatic heterocycles. The highest BCUT2D eigenvalue weighted by Gasteiger charge is 2.36. The molecule has 0 bridgehead atoms. The molecule has 0 saturated carbocycles. The van der Waals surface area contributed by atoms with E-state index in [-0.39, 0.29) is 17.7 Å². The number of likely N-dealkylation sites (tertiary alicyclic amines) is 1. The van der Waals surface area contributed by atoms with Gasteiger partial charge in [0.25, 0.3) is 5.91 Å². The van der Waals surface area contributed by atoms with Crippen molar-refractivity contribution in [1.29, 1.82) is 0 Å². The fourth-order valence-electron chi connectivity index (χ4n) is 3.54. The average Bonchev–Trinajstić information content (AvgIpc) is 2.93. The number of rotatable bonds is 1. The van der Waals surface area contributed by atoms with Gasteiger partial charge in [-0.3, -0.25) is 19.5 Å². The lowest BCUT2D eigenvalue weighted by atomic mass is 9.95. The number of anilines is 3. The summed E-state index contributed by atoms with van der Waals surface area (Å²) in [4.78, 5) is 35.1. The summed E-state index contributed by atoms with van der Waals surface area (Å²) in [5, 5.41) is 4.72. The summed E-state index contributed by atoms with van der Waals surface area (Å²) < 4.78 is 0. The molecule has 0 unspecified atom stereocenters. The molecule has 25 heavy (non-hydrogen) atoms. The monoisotopic (exact) mass is 356 g/mol. The minimum atomic E-state index is -0.188. The summed E-state index contributed by atoms with van der Waals surface area (Å²) >= 11 is 1.50. The van der Waals surface area contributed by atoms with Crippen LogP contribution in [0.4, 0.5) is 17.1 Å². The van der Waals surface area contributed by atoms with Crippen LogP contribution in [0.15, 0.2) is 23.8 Å². The van der Waals surface area contributed by atoms with Crippen LogP contribution < -0.4 is 10.2 Å². The molecule has 2 aliphatic rings. The van der Waals surface area contributed by atoms with E-state index in [0.29, 0.717) is 16.9 Å². The van der Waals surface area contributed by atoms with Gasteiger partial charge in [-0.2, -0.15) is 0 Å². The maximum Gasteiger partial charge on any atom is 0.258 e. The van der Waals surface area contributed by atoms with Gasteiger partial charge in [-0.05, 0) is 46.0 Å². The van der Waals surface area contributed by atoms with Gasteiger partial charge >= 0.3 is 0 Å². The van der Waals surface area contributed by atoms with Crippen molar-refractivity contribution < 1.29 is 9.59 Å². The SMILES string of the molecule is Cc1scc2c1N(C(=O)C1CCN(C)CC1)c1ccncc1NC2=O. The lowest BCUT2D eigenvalue weighted by molar-refractivity contribution is -0.122. The molecule has 0 aliphatic carbocycles. The Bertz CT molecular complexity index is 839. The third-order valence-corrected chi connectivity index (χ3v) is 5.89. The highest BCUT2D eigenvalue weighted by atomic mass is 32.1. The topological polar surface area (TPSA) is 65.5 Å². The third-order valence-electron chi connectivity index (χ3n) is 4.99. The highest BCUT2D eigenvalue weighted by molar-refractivity contribution is 7.11. The number of fused-ring (bicyclic) bond motifs is 2. The van der Waals surface area contributed by atoms with Crippen LogP contribution in [0.3, 0.4) is 0 Å². The molecule has 0 radical (unpaired) electrons. The van der Waals surface area contributed by atoms with Gasteiger partial charge in [0.05, 0.1) is 28.8 Å². The van der Waals surface area contributed by atoms with E-state index in [9.17, 15) is 9.59 Å². The Balaban J connectivity index is 1.82. The molecule has 4 heterocycles. The van der Waals surface area contributed by atoms with Crippen LogP contribution in [0.1, 0.15) is 28.1 Å². The predicted octanol–water partition coefficient (Wildman–Crippen LogP) is 3.02.